The molecule has 3 saturated heterocycles. The Morgan fingerprint density at radius 2 is 1.26 bits per heavy atom. The van der Waals surface area contributed by atoms with E-state index in [1.54, 1.807) is 0 Å². The Bertz CT molecular complexity index is 779. The molecule has 3 fully saturated rings. The summed E-state index contributed by atoms with van der Waals surface area (Å²) in [5.41, 5.74) is 0. The number of rotatable bonds is 13. The molecule has 0 saturated carbocycles. The van der Waals surface area contributed by atoms with E-state index in [0.29, 0.717) is 6.42 Å². The monoisotopic (exact) mass is 540 g/mol. The SMILES string of the molecule is [B][C@H]1C[C@@H](OC)[C@@H](COP(=O)([O-])O[C@@H]2CC(O)O[C@@H]2COP(=O)([O-])O[C@@H]2C[C@H]([B])O[C@@H]2COC)O1. The van der Waals surface area contributed by atoms with Crippen LogP contribution in [0.15, 0.2) is 0 Å². The van der Waals surface area contributed by atoms with Crippen molar-refractivity contribution in [1.82, 2.24) is 0 Å². The standard InChI is InChI=1S/C17H30B2O14P2/c1-25-6-12-10(4-16(19)29-12)32-34(21,22)28-8-14-11(5-17(20)31-14)33-35(23,24)27-7-13-9(26-2)3-15(18)30-13/h9-17,20H,3-8H2,1-2H3,(H,21,22)(H,23,24)/p-2/t9-,10-,11-,12-,13-,14-,15-,16-,17?/m1/s1. The van der Waals surface area contributed by atoms with E-state index in [2.05, 4.69) is 0 Å². The third-order valence-corrected chi connectivity index (χ3v) is 7.58. The fraction of sp³-hybridized carbons (Fsp3) is 1.00. The van der Waals surface area contributed by atoms with E-state index in [9.17, 15) is 24.0 Å². The van der Waals surface area contributed by atoms with E-state index >= 15 is 0 Å². The molecule has 0 amide bonds. The lowest BCUT2D eigenvalue weighted by atomic mass is 9.96. The first-order valence-electron chi connectivity index (χ1n) is 10.9. The zero-order valence-corrected chi connectivity index (χ0v) is 21.0. The Labute approximate surface area is 205 Å². The molecule has 14 nitrogen and oxygen atoms in total. The van der Waals surface area contributed by atoms with E-state index < -0.39 is 83.8 Å². The number of hydrogen-bond acceptors (Lipinski definition) is 14. The quantitative estimate of drug-likeness (QED) is 0.201. The maximum absolute atomic E-state index is 12.3. The van der Waals surface area contributed by atoms with E-state index in [-0.39, 0.29) is 19.4 Å². The highest BCUT2D eigenvalue weighted by Gasteiger charge is 2.41. The molecule has 0 aliphatic carbocycles. The van der Waals surface area contributed by atoms with Gasteiger partial charge in [-0.1, -0.05) is 0 Å². The highest BCUT2D eigenvalue weighted by Crippen LogP contribution is 2.46. The predicted molar refractivity (Wildman–Crippen MR) is 113 cm³/mol. The fourth-order valence-electron chi connectivity index (χ4n) is 3.99. The first kappa shape index (κ1) is 29.7. The number of phosphoric acid groups is 2. The van der Waals surface area contributed by atoms with E-state index in [0.717, 1.165) is 0 Å². The van der Waals surface area contributed by atoms with Crippen LogP contribution in [0, 0.1) is 0 Å². The number of aliphatic hydroxyl groups is 1. The molecule has 4 radical (unpaired) electrons. The maximum atomic E-state index is 12.3. The second kappa shape index (κ2) is 12.8. The molecule has 0 spiro atoms. The van der Waals surface area contributed by atoms with Gasteiger partial charge in [0.15, 0.2) is 6.29 Å². The van der Waals surface area contributed by atoms with Crippen LogP contribution in [0.5, 0.6) is 0 Å². The van der Waals surface area contributed by atoms with Crippen LogP contribution in [-0.2, 0) is 50.9 Å². The number of hydrogen-bond donors (Lipinski definition) is 1. The second-order valence-corrected chi connectivity index (χ2v) is 11.0. The van der Waals surface area contributed by atoms with Crippen molar-refractivity contribution in [2.45, 2.75) is 74.2 Å². The molecule has 3 heterocycles. The van der Waals surface area contributed by atoms with Gasteiger partial charge in [0.2, 0.25) is 0 Å². The topological polar surface area (TPSA) is 184 Å². The Kier molecular flexibility index (Phi) is 10.8. The van der Waals surface area contributed by atoms with Crippen molar-refractivity contribution >= 4 is 31.3 Å². The third-order valence-electron chi connectivity index (χ3n) is 5.59. The molecule has 0 aromatic heterocycles. The summed E-state index contributed by atoms with van der Waals surface area (Å²) in [4.78, 5) is 24.6. The van der Waals surface area contributed by atoms with Gasteiger partial charge < -0.3 is 56.7 Å². The van der Waals surface area contributed by atoms with Crippen LogP contribution in [0.3, 0.4) is 0 Å². The molecule has 35 heavy (non-hydrogen) atoms. The van der Waals surface area contributed by atoms with Crippen LogP contribution in [0.2, 0.25) is 0 Å². The van der Waals surface area contributed by atoms with Gasteiger partial charge >= 0.3 is 0 Å². The van der Waals surface area contributed by atoms with Crippen LogP contribution >= 0.6 is 15.6 Å². The summed E-state index contributed by atoms with van der Waals surface area (Å²) in [6.45, 7) is -1.06. The molecule has 11 atom stereocenters. The molecule has 0 aromatic carbocycles. The van der Waals surface area contributed by atoms with Crippen LogP contribution in [-0.4, -0.2) is 110 Å². The Hall–Kier alpha value is 0.110. The molecule has 198 valence electrons. The average molecular weight is 540 g/mol. The van der Waals surface area contributed by atoms with Crippen molar-refractivity contribution in [2.75, 3.05) is 34.0 Å². The minimum absolute atomic E-state index is 0.0496. The lowest BCUT2D eigenvalue weighted by Gasteiger charge is -2.31. The first-order valence-corrected chi connectivity index (χ1v) is 13.8. The van der Waals surface area contributed by atoms with Crippen molar-refractivity contribution in [3.8, 4) is 0 Å². The summed E-state index contributed by atoms with van der Waals surface area (Å²) in [6.07, 6.45) is -6.65. The van der Waals surface area contributed by atoms with Gasteiger partial charge in [-0.3, -0.25) is 9.13 Å². The average Bonchev–Trinajstić information content (AvgIpc) is 3.41. The molecule has 0 aromatic rings. The largest absolute Gasteiger partial charge is 0.756 e. The summed E-state index contributed by atoms with van der Waals surface area (Å²) >= 11 is 0. The zero-order valence-electron chi connectivity index (χ0n) is 19.2. The highest BCUT2D eigenvalue weighted by atomic mass is 31.2. The second-order valence-electron chi connectivity index (χ2n) is 8.27. The van der Waals surface area contributed by atoms with Crippen molar-refractivity contribution in [3.05, 3.63) is 0 Å². The normalized spacial score (nSPS) is 41.1. The maximum Gasteiger partial charge on any atom is 0.268 e. The smallest absolute Gasteiger partial charge is 0.268 e. The summed E-state index contributed by atoms with van der Waals surface area (Å²) in [6, 6.07) is -1.36. The van der Waals surface area contributed by atoms with Gasteiger partial charge in [-0.15, -0.1) is 0 Å². The van der Waals surface area contributed by atoms with Gasteiger partial charge in [0, 0.05) is 32.6 Å². The number of phosphoric ester groups is 2. The van der Waals surface area contributed by atoms with Gasteiger partial charge in [-0.2, -0.15) is 0 Å². The summed E-state index contributed by atoms with van der Waals surface area (Å²) in [7, 11) is 4.36. The fourth-order valence-corrected chi connectivity index (χ4v) is 5.88. The molecule has 3 rings (SSSR count). The van der Waals surface area contributed by atoms with Gasteiger partial charge in [-0.05, 0) is 12.8 Å². The third kappa shape index (κ3) is 8.83. The molecular formula is C17H28B2O14P2-2. The Balaban J connectivity index is 1.51. The summed E-state index contributed by atoms with van der Waals surface area (Å²) < 4.78 is 70.4. The Morgan fingerprint density at radius 3 is 1.77 bits per heavy atom. The molecule has 0 bridgehead atoms. The molecule has 3 aliphatic heterocycles. The minimum Gasteiger partial charge on any atom is -0.756 e. The molecule has 1 N–H and O–H groups in total. The summed E-state index contributed by atoms with van der Waals surface area (Å²) in [5, 5.41) is 9.78. The predicted octanol–water partition coefficient (Wildman–Crippen LogP) is -1.94. The van der Waals surface area contributed by atoms with Crippen molar-refractivity contribution in [2.24, 2.45) is 0 Å². The van der Waals surface area contributed by atoms with Crippen LogP contribution < -0.4 is 9.79 Å². The van der Waals surface area contributed by atoms with Gasteiger partial charge in [0.1, 0.15) is 34.0 Å². The van der Waals surface area contributed by atoms with Crippen molar-refractivity contribution in [3.63, 3.8) is 0 Å². The zero-order chi connectivity index (χ0) is 25.8. The van der Waals surface area contributed by atoms with E-state index in [1.165, 1.54) is 14.2 Å². The molecule has 3 aliphatic rings. The number of ether oxygens (including phenoxy) is 5. The molecule has 18 heteroatoms. The van der Waals surface area contributed by atoms with Crippen LogP contribution in [0.1, 0.15) is 19.3 Å². The van der Waals surface area contributed by atoms with E-state index in [1.807, 2.05) is 0 Å². The number of methoxy groups -OCH3 is 2. The first-order chi connectivity index (χ1) is 16.4. The van der Waals surface area contributed by atoms with Crippen LogP contribution in [0.4, 0.5) is 0 Å². The lowest BCUT2D eigenvalue weighted by molar-refractivity contribution is -0.238. The minimum atomic E-state index is -4.92. The molecular weight excluding hydrogens is 512 g/mol. The van der Waals surface area contributed by atoms with Gasteiger partial charge in [0.25, 0.3) is 15.6 Å². The van der Waals surface area contributed by atoms with Gasteiger partial charge in [-0.25, -0.2) is 0 Å². The molecule has 3 unspecified atom stereocenters. The van der Waals surface area contributed by atoms with Crippen LogP contribution in [0.25, 0.3) is 0 Å². The van der Waals surface area contributed by atoms with Crippen molar-refractivity contribution < 1.29 is 65.8 Å². The lowest BCUT2D eigenvalue weighted by Crippen LogP contribution is -2.33. The van der Waals surface area contributed by atoms with Gasteiger partial charge in [0.05, 0.1) is 38.1 Å². The highest BCUT2D eigenvalue weighted by molar-refractivity contribution is 7.46. The van der Waals surface area contributed by atoms with E-state index in [4.69, 9.17) is 57.5 Å². The number of aliphatic hydroxyl groups excluding tert-OH is 1. The van der Waals surface area contributed by atoms with Crippen molar-refractivity contribution in [1.29, 1.82) is 0 Å². The summed E-state index contributed by atoms with van der Waals surface area (Å²) in [5.74, 6) is 0. The Morgan fingerprint density at radius 1 is 0.800 bits per heavy atom.